The number of anilines is 1. The second-order valence-corrected chi connectivity index (χ2v) is 7.67. The van der Waals surface area contributed by atoms with E-state index in [2.05, 4.69) is 5.32 Å². The van der Waals surface area contributed by atoms with Gasteiger partial charge in [0.2, 0.25) is 0 Å². The highest BCUT2D eigenvalue weighted by molar-refractivity contribution is 7.99. The zero-order chi connectivity index (χ0) is 22.7. The monoisotopic (exact) mass is 450 g/mol. The maximum atomic E-state index is 12.9. The number of imide groups is 2. The summed E-state index contributed by atoms with van der Waals surface area (Å²) in [6, 6.07) is 16.4. The van der Waals surface area contributed by atoms with Crippen LogP contribution in [0.25, 0.3) is 6.08 Å². The number of urea groups is 1. The van der Waals surface area contributed by atoms with Crippen LogP contribution in [-0.4, -0.2) is 32.1 Å². The average Bonchev–Trinajstić information content (AvgIpc) is 3.24. The van der Waals surface area contributed by atoms with Crippen LogP contribution in [0.3, 0.4) is 0 Å². The number of methoxy groups -OCH3 is 2. The van der Waals surface area contributed by atoms with Gasteiger partial charge >= 0.3 is 6.03 Å². The van der Waals surface area contributed by atoms with Gasteiger partial charge in [0.05, 0.1) is 19.9 Å². The molecule has 3 aromatic rings. The molecule has 0 spiro atoms. The number of nitrogens with zero attached hydrogens (tertiary/aromatic N) is 1. The molecule has 0 saturated carbocycles. The highest BCUT2D eigenvalue weighted by Crippen LogP contribution is 2.31. The molecule has 0 atom stereocenters. The number of nitrogens with one attached hydrogen (secondary N) is 1. The van der Waals surface area contributed by atoms with Crippen LogP contribution in [0.5, 0.6) is 11.5 Å². The normalized spacial score (nSPS) is 15.1. The van der Waals surface area contributed by atoms with E-state index >= 15 is 0 Å². The summed E-state index contributed by atoms with van der Waals surface area (Å²) < 4.78 is 16.0. The van der Waals surface area contributed by atoms with E-state index in [9.17, 15) is 14.4 Å². The number of carbonyl (C=O) groups excluding carboxylic acids is 3. The lowest BCUT2D eigenvalue weighted by molar-refractivity contribution is -0.122. The van der Waals surface area contributed by atoms with Crippen molar-refractivity contribution in [2.45, 2.75) is 9.99 Å². The summed E-state index contributed by atoms with van der Waals surface area (Å²) in [7, 11) is 3.11. The molecule has 1 saturated heterocycles. The second-order valence-electron chi connectivity index (χ2n) is 6.59. The topological polar surface area (TPSA) is 98.1 Å². The Kier molecular flexibility index (Phi) is 6.00. The van der Waals surface area contributed by atoms with Crippen LogP contribution in [0.1, 0.15) is 5.76 Å². The maximum Gasteiger partial charge on any atom is 0.335 e. The molecule has 1 aliphatic rings. The lowest BCUT2D eigenvalue weighted by atomic mass is 10.1. The third kappa shape index (κ3) is 4.37. The smallest absolute Gasteiger partial charge is 0.335 e. The molecule has 162 valence electrons. The Labute approximate surface area is 187 Å². The van der Waals surface area contributed by atoms with Gasteiger partial charge in [-0.15, -0.1) is 0 Å². The first-order valence-electron chi connectivity index (χ1n) is 9.46. The minimum atomic E-state index is -0.822. The summed E-state index contributed by atoms with van der Waals surface area (Å²) in [5, 5.41) is 2.76. The molecule has 1 aliphatic heterocycles. The van der Waals surface area contributed by atoms with Gasteiger partial charge < -0.3 is 13.9 Å². The second kappa shape index (κ2) is 9.03. The fraction of sp³-hybridized carbons (Fsp3) is 0.0870. The number of hydrogen-bond donors (Lipinski definition) is 1. The van der Waals surface area contributed by atoms with Gasteiger partial charge in [-0.3, -0.25) is 14.9 Å². The summed E-state index contributed by atoms with van der Waals surface area (Å²) in [5.41, 5.74) is 0.0951. The predicted molar refractivity (Wildman–Crippen MR) is 118 cm³/mol. The Hall–Kier alpha value is -3.98. The molecule has 2 heterocycles. The van der Waals surface area contributed by atoms with E-state index in [1.54, 1.807) is 43.5 Å². The highest BCUT2D eigenvalue weighted by atomic mass is 32.2. The summed E-state index contributed by atoms with van der Waals surface area (Å²) in [5.74, 6) is 0.0960. The number of rotatable bonds is 6. The number of amides is 4. The molecule has 1 aromatic heterocycles. The molecule has 0 bridgehead atoms. The van der Waals surface area contributed by atoms with E-state index in [0.717, 1.165) is 15.5 Å². The highest BCUT2D eigenvalue weighted by Gasteiger charge is 2.37. The molecule has 8 nitrogen and oxygen atoms in total. The average molecular weight is 450 g/mol. The van der Waals surface area contributed by atoms with Gasteiger partial charge in [0.25, 0.3) is 11.8 Å². The van der Waals surface area contributed by atoms with Gasteiger partial charge in [-0.25, -0.2) is 9.69 Å². The fourth-order valence-electron chi connectivity index (χ4n) is 2.99. The molecular formula is C23H18N2O6S. The van der Waals surface area contributed by atoms with Crippen LogP contribution in [0.2, 0.25) is 0 Å². The molecule has 0 radical (unpaired) electrons. The van der Waals surface area contributed by atoms with Crippen LogP contribution in [-0.2, 0) is 9.59 Å². The van der Waals surface area contributed by atoms with Crippen LogP contribution >= 0.6 is 11.8 Å². The van der Waals surface area contributed by atoms with Crippen molar-refractivity contribution >= 4 is 41.4 Å². The molecule has 2 aromatic carbocycles. The van der Waals surface area contributed by atoms with Crippen molar-refractivity contribution in [3.63, 3.8) is 0 Å². The van der Waals surface area contributed by atoms with E-state index in [0.29, 0.717) is 22.3 Å². The third-order valence-corrected chi connectivity index (χ3v) is 5.53. The summed E-state index contributed by atoms with van der Waals surface area (Å²) >= 11 is 1.38. The first-order valence-corrected chi connectivity index (χ1v) is 10.3. The molecule has 4 amide bonds. The molecule has 1 N–H and O–H groups in total. The number of benzene rings is 2. The van der Waals surface area contributed by atoms with Gasteiger partial charge in [-0.2, -0.15) is 0 Å². The molecule has 4 rings (SSSR count). The molecule has 1 fully saturated rings. The van der Waals surface area contributed by atoms with E-state index in [-0.39, 0.29) is 5.57 Å². The third-order valence-electron chi connectivity index (χ3n) is 4.60. The SMILES string of the molecule is COc1ccc(Sc2ccc(/C=C3/C(=O)NC(=O)N(c4ccc(OC)cc4)C3=O)o2)cc1. The molecular weight excluding hydrogens is 432 g/mol. The van der Waals surface area contributed by atoms with E-state index in [1.165, 1.54) is 24.9 Å². The molecule has 0 unspecified atom stereocenters. The van der Waals surface area contributed by atoms with Crippen molar-refractivity contribution in [3.8, 4) is 11.5 Å². The van der Waals surface area contributed by atoms with E-state index < -0.39 is 17.8 Å². The Morgan fingerprint density at radius 1 is 0.875 bits per heavy atom. The molecule has 0 aliphatic carbocycles. The first kappa shape index (κ1) is 21.3. The summed E-state index contributed by atoms with van der Waals surface area (Å²) in [6.45, 7) is 0. The zero-order valence-corrected chi connectivity index (χ0v) is 18.0. The fourth-order valence-corrected chi connectivity index (χ4v) is 3.77. The Balaban J connectivity index is 1.56. The van der Waals surface area contributed by atoms with Gasteiger partial charge in [0, 0.05) is 4.90 Å². The van der Waals surface area contributed by atoms with Gasteiger partial charge in [-0.05, 0) is 66.7 Å². The largest absolute Gasteiger partial charge is 0.497 e. The minimum Gasteiger partial charge on any atom is -0.497 e. The minimum absolute atomic E-state index is 0.212. The number of carbonyl (C=O) groups is 3. The quantitative estimate of drug-likeness (QED) is 0.446. The number of ether oxygens (including phenoxy) is 2. The standard InChI is InChI=1S/C23H18N2O6S/c1-29-15-5-3-14(4-6-15)25-22(27)19(21(26)24-23(25)28)13-17-9-12-20(31-17)32-18-10-7-16(30-2)8-11-18/h3-13H,1-2H3,(H,24,26,28)/b19-13-. The van der Waals surface area contributed by atoms with Gasteiger partial charge in [0.15, 0.2) is 5.09 Å². The molecule has 32 heavy (non-hydrogen) atoms. The summed E-state index contributed by atoms with van der Waals surface area (Å²) in [6.07, 6.45) is 1.32. The lowest BCUT2D eigenvalue weighted by Gasteiger charge is -2.26. The Bertz CT molecular complexity index is 1200. The summed E-state index contributed by atoms with van der Waals surface area (Å²) in [4.78, 5) is 39.4. The Morgan fingerprint density at radius 3 is 2.12 bits per heavy atom. The zero-order valence-electron chi connectivity index (χ0n) is 17.2. The van der Waals surface area contributed by atoms with Crippen molar-refractivity contribution < 1.29 is 28.3 Å². The van der Waals surface area contributed by atoms with Crippen LogP contribution in [0, 0.1) is 0 Å². The van der Waals surface area contributed by atoms with Gasteiger partial charge in [0.1, 0.15) is 22.8 Å². The Morgan fingerprint density at radius 2 is 1.50 bits per heavy atom. The first-order chi connectivity index (χ1) is 15.5. The predicted octanol–water partition coefficient (Wildman–Crippen LogP) is 4.11. The number of hydrogen-bond acceptors (Lipinski definition) is 7. The van der Waals surface area contributed by atoms with Crippen molar-refractivity contribution in [2.24, 2.45) is 0 Å². The van der Waals surface area contributed by atoms with Gasteiger partial charge in [-0.1, -0.05) is 11.8 Å². The van der Waals surface area contributed by atoms with Crippen molar-refractivity contribution in [2.75, 3.05) is 19.1 Å². The number of barbiturate groups is 1. The van der Waals surface area contributed by atoms with Crippen molar-refractivity contribution in [3.05, 3.63) is 72.0 Å². The van der Waals surface area contributed by atoms with Crippen molar-refractivity contribution in [1.29, 1.82) is 0 Å². The van der Waals surface area contributed by atoms with Crippen LogP contribution in [0.15, 0.2) is 80.6 Å². The number of furan rings is 1. The van der Waals surface area contributed by atoms with Crippen LogP contribution in [0.4, 0.5) is 10.5 Å². The lowest BCUT2D eigenvalue weighted by Crippen LogP contribution is -2.54. The maximum absolute atomic E-state index is 12.9. The van der Waals surface area contributed by atoms with E-state index in [1.807, 2.05) is 24.3 Å². The van der Waals surface area contributed by atoms with E-state index in [4.69, 9.17) is 13.9 Å². The molecule has 9 heteroatoms. The van der Waals surface area contributed by atoms with Crippen LogP contribution < -0.4 is 19.7 Å². The van der Waals surface area contributed by atoms with Crippen molar-refractivity contribution in [1.82, 2.24) is 5.32 Å².